The molecule has 0 aliphatic heterocycles. The molecule has 2 aromatic rings. The van der Waals surface area contributed by atoms with Gasteiger partial charge in [-0.2, -0.15) is 0 Å². The molecule has 2 heterocycles. The van der Waals surface area contributed by atoms with Crippen molar-refractivity contribution in [1.29, 1.82) is 0 Å². The van der Waals surface area contributed by atoms with Crippen LogP contribution in [-0.4, -0.2) is 21.5 Å². The van der Waals surface area contributed by atoms with Crippen LogP contribution in [0.25, 0.3) is 11.5 Å². The van der Waals surface area contributed by atoms with Crippen LogP contribution in [-0.2, 0) is 0 Å². The topological polar surface area (TPSA) is 50.7 Å². The first-order valence-electron chi connectivity index (χ1n) is 5.80. The number of rotatable bonds is 4. The van der Waals surface area contributed by atoms with Crippen molar-refractivity contribution in [3.8, 4) is 11.5 Å². The van der Waals surface area contributed by atoms with E-state index in [1.54, 1.807) is 12.4 Å². The summed E-state index contributed by atoms with van der Waals surface area (Å²) >= 11 is 0. The van der Waals surface area contributed by atoms with Crippen molar-refractivity contribution in [1.82, 2.24) is 15.0 Å². The molecule has 0 aromatic carbocycles. The highest BCUT2D eigenvalue weighted by atomic mass is 15.0. The van der Waals surface area contributed by atoms with Crippen LogP contribution in [0.15, 0.2) is 30.6 Å². The third-order valence-electron chi connectivity index (χ3n) is 2.43. The van der Waals surface area contributed by atoms with E-state index in [0.717, 1.165) is 30.0 Å². The standard InChI is InChI=1S/C13H16N4/c1-3-7-14-11-6-9-16-13(17-11)12-10(2)5-4-8-15-12/h4-6,8-9H,3,7H2,1-2H3,(H,14,16,17). The van der Waals surface area contributed by atoms with Gasteiger partial charge in [0.15, 0.2) is 5.82 Å². The quantitative estimate of drug-likeness (QED) is 0.874. The normalized spacial score (nSPS) is 10.2. The minimum absolute atomic E-state index is 0.671. The van der Waals surface area contributed by atoms with Gasteiger partial charge in [0, 0.05) is 18.9 Å². The molecule has 0 radical (unpaired) electrons. The minimum Gasteiger partial charge on any atom is -0.370 e. The summed E-state index contributed by atoms with van der Waals surface area (Å²) in [5.74, 6) is 1.52. The molecule has 0 aliphatic rings. The van der Waals surface area contributed by atoms with Crippen LogP contribution in [0.5, 0.6) is 0 Å². The van der Waals surface area contributed by atoms with Gasteiger partial charge in [0.1, 0.15) is 11.5 Å². The number of hydrogen-bond donors (Lipinski definition) is 1. The fourth-order valence-electron chi connectivity index (χ4n) is 1.54. The molecule has 0 saturated heterocycles. The van der Waals surface area contributed by atoms with E-state index >= 15 is 0 Å². The van der Waals surface area contributed by atoms with Crippen molar-refractivity contribution in [2.24, 2.45) is 0 Å². The van der Waals surface area contributed by atoms with Gasteiger partial charge < -0.3 is 5.32 Å². The summed E-state index contributed by atoms with van der Waals surface area (Å²) in [5.41, 5.74) is 1.92. The molecule has 4 nitrogen and oxygen atoms in total. The molecule has 0 saturated carbocycles. The molecule has 17 heavy (non-hydrogen) atoms. The van der Waals surface area contributed by atoms with E-state index < -0.39 is 0 Å². The highest BCUT2D eigenvalue weighted by Crippen LogP contribution is 2.17. The molecule has 0 aliphatic carbocycles. The van der Waals surface area contributed by atoms with Crippen molar-refractivity contribution in [2.45, 2.75) is 20.3 Å². The van der Waals surface area contributed by atoms with E-state index in [2.05, 4.69) is 27.2 Å². The zero-order valence-electron chi connectivity index (χ0n) is 10.1. The van der Waals surface area contributed by atoms with E-state index in [1.165, 1.54) is 0 Å². The number of anilines is 1. The largest absolute Gasteiger partial charge is 0.370 e. The Morgan fingerprint density at radius 2 is 2.06 bits per heavy atom. The Kier molecular flexibility index (Phi) is 3.65. The Labute approximate surface area is 101 Å². The van der Waals surface area contributed by atoms with Gasteiger partial charge in [-0.1, -0.05) is 13.0 Å². The molecule has 0 bridgehead atoms. The number of hydrogen-bond acceptors (Lipinski definition) is 4. The van der Waals surface area contributed by atoms with Crippen molar-refractivity contribution in [2.75, 3.05) is 11.9 Å². The minimum atomic E-state index is 0.671. The smallest absolute Gasteiger partial charge is 0.180 e. The number of aryl methyl sites for hydroxylation is 1. The molecule has 2 rings (SSSR count). The van der Waals surface area contributed by atoms with E-state index in [0.29, 0.717) is 5.82 Å². The van der Waals surface area contributed by atoms with Crippen LogP contribution in [0.4, 0.5) is 5.82 Å². The number of pyridine rings is 1. The van der Waals surface area contributed by atoms with E-state index in [4.69, 9.17) is 0 Å². The van der Waals surface area contributed by atoms with Crippen LogP contribution in [0.3, 0.4) is 0 Å². The molecule has 2 aromatic heterocycles. The predicted molar refractivity (Wildman–Crippen MR) is 68.8 cm³/mol. The Hall–Kier alpha value is -1.97. The molecular weight excluding hydrogens is 212 g/mol. The second kappa shape index (κ2) is 5.39. The first-order valence-corrected chi connectivity index (χ1v) is 5.80. The summed E-state index contributed by atoms with van der Waals surface area (Å²) in [6.45, 7) is 5.05. The van der Waals surface area contributed by atoms with Gasteiger partial charge in [-0.15, -0.1) is 0 Å². The summed E-state index contributed by atoms with van der Waals surface area (Å²) in [7, 11) is 0. The second-order valence-corrected chi connectivity index (χ2v) is 3.86. The van der Waals surface area contributed by atoms with Crippen LogP contribution in [0.1, 0.15) is 18.9 Å². The van der Waals surface area contributed by atoms with E-state index in [-0.39, 0.29) is 0 Å². The molecule has 1 N–H and O–H groups in total. The fourth-order valence-corrected chi connectivity index (χ4v) is 1.54. The SMILES string of the molecule is CCCNc1ccnc(-c2ncccc2C)n1. The van der Waals surface area contributed by atoms with Crippen LogP contribution < -0.4 is 5.32 Å². The summed E-state index contributed by atoms with van der Waals surface area (Å²) in [5, 5.41) is 3.25. The molecule has 0 unspecified atom stereocenters. The predicted octanol–water partition coefficient (Wildman–Crippen LogP) is 2.67. The zero-order chi connectivity index (χ0) is 12.1. The molecule has 0 fully saturated rings. The lowest BCUT2D eigenvalue weighted by molar-refractivity contribution is 0.964. The van der Waals surface area contributed by atoms with Crippen molar-refractivity contribution in [3.05, 3.63) is 36.2 Å². The lowest BCUT2D eigenvalue weighted by atomic mass is 10.2. The van der Waals surface area contributed by atoms with Crippen LogP contribution in [0.2, 0.25) is 0 Å². The third kappa shape index (κ3) is 2.78. The average Bonchev–Trinajstić information content (AvgIpc) is 2.37. The Bertz CT molecular complexity index is 496. The van der Waals surface area contributed by atoms with Gasteiger partial charge in [-0.25, -0.2) is 9.97 Å². The van der Waals surface area contributed by atoms with Crippen LogP contribution >= 0.6 is 0 Å². The first kappa shape index (κ1) is 11.5. The molecule has 88 valence electrons. The summed E-state index contributed by atoms with van der Waals surface area (Å²) in [4.78, 5) is 13.0. The number of aromatic nitrogens is 3. The maximum absolute atomic E-state index is 4.46. The highest BCUT2D eigenvalue weighted by Gasteiger charge is 2.06. The highest BCUT2D eigenvalue weighted by molar-refractivity contribution is 5.55. The lowest BCUT2D eigenvalue weighted by Gasteiger charge is -2.06. The zero-order valence-corrected chi connectivity index (χ0v) is 10.1. The molecular formula is C13H16N4. The fraction of sp³-hybridized carbons (Fsp3) is 0.308. The van der Waals surface area contributed by atoms with Gasteiger partial charge in [0.25, 0.3) is 0 Å². The molecule has 4 heteroatoms. The van der Waals surface area contributed by atoms with Crippen molar-refractivity contribution >= 4 is 5.82 Å². The Morgan fingerprint density at radius 1 is 1.18 bits per heavy atom. The number of nitrogens with one attached hydrogen (secondary N) is 1. The van der Waals surface area contributed by atoms with Gasteiger partial charge in [-0.3, -0.25) is 4.98 Å². The molecule has 0 spiro atoms. The Balaban J connectivity index is 2.30. The van der Waals surface area contributed by atoms with Gasteiger partial charge in [-0.05, 0) is 31.0 Å². The van der Waals surface area contributed by atoms with Gasteiger partial charge in [0.05, 0.1) is 0 Å². The van der Waals surface area contributed by atoms with Crippen molar-refractivity contribution in [3.63, 3.8) is 0 Å². The molecule has 0 amide bonds. The van der Waals surface area contributed by atoms with Gasteiger partial charge in [0.2, 0.25) is 0 Å². The lowest BCUT2D eigenvalue weighted by Crippen LogP contribution is -2.03. The summed E-state index contributed by atoms with van der Waals surface area (Å²) in [6, 6.07) is 5.80. The summed E-state index contributed by atoms with van der Waals surface area (Å²) < 4.78 is 0. The first-order chi connectivity index (χ1) is 8.31. The molecule has 0 atom stereocenters. The van der Waals surface area contributed by atoms with E-state index in [1.807, 2.05) is 25.1 Å². The maximum Gasteiger partial charge on any atom is 0.180 e. The van der Waals surface area contributed by atoms with Crippen LogP contribution in [0, 0.1) is 6.92 Å². The maximum atomic E-state index is 4.46. The number of nitrogens with zero attached hydrogens (tertiary/aromatic N) is 3. The Morgan fingerprint density at radius 3 is 2.82 bits per heavy atom. The van der Waals surface area contributed by atoms with Gasteiger partial charge >= 0.3 is 0 Å². The average molecular weight is 228 g/mol. The third-order valence-corrected chi connectivity index (χ3v) is 2.43. The van der Waals surface area contributed by atoms with Crippen molar-refractivity contribution < 1.29 is 0 Å². The van der Waals surface area contributed by atoms with E-state index in [9.17, 15) is 0 Å². The monoisotopic (exact) mass is 228 g/mol. The second-order valence-electron chi connectivity index (χ2n) is 3.86. The summed E-state index contributed by atoms with van der Waals surface area (Å²) in [6.07, 6.45) is 4.59.